The van der Waals surface area contributed by atoms with Gasteiger partial charge in [-0.05, 0) is 57.0 Å². The van der Waals surface area contributed by atoms with Gasteiger partial charge in [0.05, 0.1) is 24.6 Å². The summed E-state index contributed by atoms with van der Waals surface area (Å²) in [6.07, 6.45) is 0.428. The molecule has 210 valence electrons. The molecular weight excluding hydrogens is 520 g/mol. The van der Waals surface area contributed by atoms with E-state index < -0.39 is 47.4 Å². The van der Waals surface area contributed by atoms with Gasteiger partial charge in [0.1, 0.15) is 24.3 Å². The Hall–Kier alpha value is -3.44. The number of rotatable bonds is 11. The van der Waals surface area contributed by atoms with Gasteiger partial charge in [-0.2, -0.15) is 4.39 Å². The zero-order chi connectivity index (χ0) is 28.2. The number of nitrogens with zero attached hydrogens (tertiary/aromatic N) is 2. The molecule has 2 aromatic carbocycles. The fourth-order valence-corrected chi connectivity index (χ4v) is 5.10. The van der Waals surface area contributed by atoms with Crippen LogP contribution in [0.25, 0.3) is 10.9 Å². The predicted octanol–water partition coefficient (Wildman–Crippen LogP) is 5.19. The minimum Gasteiger partial charge on any atom is -0.497 e. The van der Waals surface area contributed by atoms with E-state index in [1.807, 2.05) is 4.90 Å². The molecule has 11 heteroatoms. The van der Waals surface area contributed by atoms with Crippen molar-refractivity contribution in [3.05, 3.63) is 65.1 Å². The number of carboxylic acid groups (broad SMARTS) is 1. The zero-order valence-electron chi connectivity index (χ0n) is 21.4. The van der Waals surface area contributed by atoms with Crippen LogP contribution in [-0.2, 0) is 11.4 Å². The van der Waals surface area contributed by atoms with Gasteiger partial charge in [-0.25, -0.2) is 13.2 Å². The first kappa shape index (κ1) is 28.6. The summed E-state index contributed by atoms with van der Waals surface area (Å²) in [7, 11) is 1.49. The van der Waals surface area contributed by atoms with Crippen LogP contribution in [0.2, 0.25) is 0 Å². The number of likely N-dealkylation sites (tertiary alicyclic amines) is 1. The average Bonchev–Trinajstić information content (AvgIpc) is 2.93. The number of halogens is 4. The maximum Gasteiger partial charge on any atom is 0.309 e. The smallest absolute Gasteiger partial charge is 0.309 e. The van der Waals surface area contributed by atoms with Crippen LogP contribution in [0.1, 0.15) is 43.0 Å². The normalized spacial score (nSPS) is 16.3. The third kappa shape index (κ3) is 6.25. The Balaban J connectivity index is 1.39. The number of ether oxygens (including phenoxy) is 2. The molecule has 0 amide bonds. The van der Waals surface area contributed by atoms with Crippen LogP contribution in [0.15, 0.2) is 36.5 Å². The zero-order valence-corrected chi connectivity index (χ0v) is 21.4. The molecule has 7 nitrogen and oxygen atoms in total. The standard InChI is InChI=1S/C28H30F4N2O5/c1-38-19-2-3-23-20(14-19)25(17(16-35)15-33-23)21(30)4-5-28(27(36)37)6-8-34(9-7-28)10-11-39-24-13-18(29)12-22(31)26(24)32/h2-3,12-15,21,35H,4-11,16H2,1H3,(H,36,37)/t21-/m0/s1. The number of aliphatic hydroxyl groups is 1. The molecule has 1 fully saturated rings. The number of hydrogen-bond donors (Lipinski definition) is 2. The fourth-order valence-electron chi connectivity index (χ4n) is 5.10. The quantitative estimate of drug-likeness (QED) is 0.251. The Labute approximate surface area is 223 Å². The lowest BCUT2D eigenvalue weighted by Gasteiger charge is -2.39. The number of alkyl halides is 1. The molecule has 1 atom stereocenters. The highest BCUT2D eigenvalue weighted by Crippen LogP contribution is 2.41. The number of aliphatic hydroxyl groups excluding tert-OH is 1. The molecule has 0 spiro atoms. The molecule has 1 aliphatic rings. The summed E-state index contributed by atoms with van der Waals surface area (Å²) >= 11 is 0. The van der Waals surface area contributed by atoms with Crippen molar-refractivity contribution in [3.8, 4) is 11.5 Å². The van der Waals surface area contributed by atoms with Crippen LogP contribution >= 0.6 is 0 Å². The molecule has 1 saturated heterocycles. The third-order valence-corrected chi connectivity index (χ3v) is 7.45. The molecule has 4 rings (SSSR count). The van der Waals surface area contributed by atoms with Gasteiger partial charge in [-0.15, -0.1) is 0 Å². The summed E-state index contributed by atoms with van der Waals surface area (Å²) in [6.45, 7) is 0.593. The predicted molar refractivity (Wildman–Crippen MR) is 135 cm³/mol. The number of carbonyl (C=O) groups is 1. The van der Waals surface area contributed by atoms with Crippen molar-refractivity contribution in [1.29, 1.82) is 0 Å². The Kier molecular flexibility index (Phi) is 8.91. The van der Waals surface area contributed by atoms with E-state index in [1.54, 1.807) is 18.2 Å². The number of aromatic nitrogens is 1. The van der Waals surface area contributed by atoms with Crippen molar-refractivity contribution in [2.45, 2.75) is 38.5 Å². The fraction of sp³-hybridized carbons (Fsp3) is 0.429. The van der Waals surface area contributed by atoms with Crippen molar-refractivity contribution >= 4 is 16.9 Å². The second-order valence-electron chi connectivity index (χ2n) is 9.72. The van der Waals surface area contributed by atoms with Crippen LogP contribution in [0.5, 0.6) is 11.5 Å². The molecule has 2 heterocycles. The van der Waals surface area contributed by atoms with Crippen molar-refractivity contribution < 1.29 is 42.0 Å². The van der Waals surface area contributed by atoms with E-state index in [-0.39, 0.29) is 37.9 Å². The Morgan fingerprint density at radius 1 is 1.18 bits per heavy atom. The van der Waals surface area contributed by atoms with Crippen LogP contribution in [-0.4, -0.2) is 59.4 Å². The molecule has 3 aromatic rings. The lowest BCUT2D eigenvalue weighted by atomic mass is 9.74. The van der Waals surface area contributed by atoms with E-state index in [4.69, 9.17) is 9.47 Å². The van der Waals surface area contributed by atoms with Gasteiger partial charge in [-0.1, -0.05) is 0 Å². The molecule has 0 unspecified atom stereocenters. The van der Waals surface area contributed by atoms with Gasteiger partial charge in [0, 0.05) is 41.4 Å². The van der Waals surface area contributed by atoms with Crippen molar-refractivity contribution in [1.82, 2.24) is 9.88 Å². The highest BCUT2D eigenvalue weighted by Gasteiger charge is 2.42. The molecule has 2 N–H and O–H groups in total. The minimum absolute atomic E-state index is 0.0467. The van der Waals surface area contributed by atoms with Gasteiger partial charge in [-0.3, -0.25) is 14.7 Å². The summed E-state index contributed by atoms with van der Waals surface area (Å²) < 4.78 is 66.7. The van der Waals surface area contributed by atoms with E-state index in [9.17, 15) is 28.2 Å². The first-order chi connectivity index (χ1) is 18.7. The summed E-state index contributed by atoms with van der Waals surface area (Å²) in [6, 6.07) is 6.25. The summed E-state index contributed by atoms with van der Waals surface area (Å²) in [5.74, 6) is -4.59. The van der Waals surface area contributed by atoms with Crippen LogP contribution in [0.3, 0.4) is 0 Å². The minimum atomic E-state index is -1.53. The monoisotopic (exact) mass is 550 g/mol. The highest BCUT2D eigenvalue weighted by molar-refractivity contribution is 5.85. The van der Waals surface area contributed by atoms with Gasteiger partial charge in [0.15, 0.2) is 11.6 Å². The van der Waals surface area contributed by atoms with Crippen LogP contribution < -0.4 is 9.47 Å². The van der Waals surface area contributed by atoms with E-state index in [0.29, 0.717) is 47.9 Å². The van der Waals surface area contributed by atoms with Crippen molar-refractivity contribution in [2.75, 3.05) is 33.4 Å². The number of methoxy groups -OCH3 is 1. The van der Waals surface area contributed by atoms with Gasteiger partial charge < -0.3 is 19.7 Å². The van der Waals surface area contributed by atoms with Gasteiger partial charge in [0.2, 0.25) is 5.82 Å². The summed E-state index contributed by atoms with van der Waals surface area (Å²) in [5.41, 5.74) is 0.00365. The molecule has 0 radical (unpaired) electrons. The first-order valence-corrected chi connectivity index (χ1v) is 12.6. The third-order valence-electron chi connectivity index (χ3n) is 7.45. The number of carboxylic acids is 1. The number of fused-ring (bicyclic) bond motifs is 1. The first-order valence-electron chi connectivity index (χ1n) is 12.6. The van der Waals surface area contributed by atoms with E-state index in [0.717, 1.165) is 6.07 Å². The number of benzene rings is 2. The molecule has 0 aliphatic carbocycles. The number of pyridine rings is 1. The molecule has 1 aliphatic heterocycles. The average molecular weight is 551 g/mol. The maximum absolute atomic E-state index is 15.7. The van der Waals surface area contributed by atoms with E-state index in [2.05, 4.69) is 4.98 Å². The Morgan fingerprint density at radius 2 is 1.92 bits per heavy atom. The highest BCUT2D eigenvalue weighted by atomic mass is 19.2. The topological polar surface area (TPSA) is 92.1 Å². The lowest BCUT2D eigenvalue weighted by Crippen LogP contribution is -2.45. The van der Waals surface area contributed by atoms with E-state index in [1.165, 1.54) is 13.3 Å². The number of hydrogen-bond acceptors (Lipinski definition) is 6. The van der Waals surface area contributed by atoms with Crippen LogP contribution in [0, 0.1) is 22.9 Å². The molecule has 39 heavy (non-hydrogen) atoms. The number of aliphatic carboxylic acids is 1. The number of piperidine rings is 1. The van der Waals surface area contributed by atoms with Gasteiger partial charge in [0.25, 0.3) is 0 Å². The maximum atomic E-state index is 15.7. The second-order valence-corrected chi connectivity index (χ2v) is 9.72. The van der Waals surface area contributed by atoms with Crippen LogP contribution in [0.4, 0.5) is 17.6 Å². The molecule has 0 saturated carbocycles. The Morgan fingerprint density at radius 3 is 2.59 bits per heavy atom. The van der Waals surface area contributed by atoms with Gasteiger partial charge >= 0.3 is 5.97 Å². The molecule has 1 aromatic heterocycles. The largest absolute Gasteiger partial charge is 0.497 e. The van der Waals surface area contributed by atoms with Crippen molar-refractivity contribution in [3.63, 3.8) is 0 Å². The Bertz CT molecular complexity index is 1330. The SMILES string of the molecule is COc1ccc2ncc(CO)c([C@@H](F)CCC3(C(=O)O)CCN(CCOc4cc(F)cc(F)c4F)CC3)c2c1. The molecular formula is C28H30F4N2O5. The lowest BCUT2D eigenvalue weighted by molar-refractivity contribution is -0.153. The molecule has 0 bridgehead atoms. The second kappa shape index (κ2) is 12.2. The summed E-state index contributed by atoms with van der Waals surface area (Å²) in [5, 5.41) is 20.4. The van der Waals surface area contributed by atoms with Crippen molar-refractivity contribution in [2.24, 2.45) is 5.41 Å². The summed E-state index contributed by atoms with van der Waals surface area (Å²) in [4.78, 5) is 18.5. The van der Waals surface area contributed by atoms with E-state index >= 15 is 4.39 Å².